The van der Waals surface area contributed by atoms with Crippen LogP contribution in [0.3, 0.4) is 0 Å². The Kier molecular flexibility index (Phi) is 9.24. The quantitative estimate of drug-likeness (QED) is 0.519. The number of nitrogens with one attached hydrogen (secondary N) is 2. The molecule has 3 N–H and O–H groups in total. The summed E-state index contributed by atoms with van der Waals surface area (Å²) >= 11 is 0. The van der Waals surface area contributed by atoms with Crippen LogP contribution in [0.2, 0.25) is 0 Å². The molecule has 1 atom stereocenters. The Morgan fingerprint density at radius 3 is 2.56 bits per heavy atom. The van der Waals surface area contributed by atoms with E-state index in [1.807, 2.05) is 6.92 Å². The zero-order chi connectivity index (χ0) is 12.4. The van der Waals surface area contributed by atoms with Gasteiger partial charge in [-0.1, -0.05) is 20.8 Å². The van der Waals surface area contributed by atoms with E-state index in [2.05, 4.69) is 24.5 Å². The van der Waals surface area contributed by atoms with Crippen molar-refractivity contribution in [2.75, 3.05) is 13.1 Å². The number of carbonyl (C=O) groups is 1. The lowest BCUT2D eigenvalue weighted by Gasteiger charge is -2.10. The summed E-state index contributed by atoms with van der Waals surface area (Å²) < 4.78 is 0. The van der Waals surface area contributed by atoms with Crippen molar-refractivity contribution in [3.05, 3.63) is 0 Å². The van der Waals surface area contributed by atoms with Crippen LogP contribution in [0.1, 0.15) is 46.5 Å². The maximum absolute atomic E-state index is 11.3. The van der Waals surface area contributed by atoms with Crippen LogP contribution >= 0.6 is 0 Å². The lowest BCUT2D eigenvalue weighted by Crippen LogP contribution is -2.29. The Labute approximate surface area is 98.8 Å². The summed E-state index contributed by atoms with van der Waals surface area (Å²) in [6, 6.07) is 0.475. The number of hydrogen-bond acceptors (Lipinski definition) is 3. The summed E-state index contributed by atoms with van der Waals surface area (Å²) in [5.74, 6) is 0.0776. The van der Waals surface area contributed by atoms with Crippen molar-refractivity contribution in [1.29, 1.82) is 0 Å². The van der Waals surface area contributed by atoms with E-state index in [9.17, 15) is 9.90 Å². The lowest BCUT2D eigenvalue weighted by molar-refractivity contribution is -0.121. The number of rotatable bonds is 9. The highest BCUT2D eigenvalue weighted by Crippen LogP contribution is 1.95. The molecule has 0 saturated carbocycles. The summed E-state index contributed by atoms with van der Waals surface area (Å²) in [5.41, 5.74) is 0. The minimum atomic E-state index is -0.289. The molecule has 0 spiro atoms. The molecule has 1 amide bonds. The van der Waals surface area contributed by atoms with Gasteiger partial charge in [0.25, 0.3) is 0 Å². The Bertz CT molecular complexity index is 184. The Morgan fingerprint density at radius 2 is 2.00 bits per heavy atom. The van der Waals surface area contributed by atoms with Gasteiger partial charge in [0.2, 0.25) is 5.91 Å². The molecule has 0 aromatic rings. The maximum Gasteiger partial charge on any atom is 0.220 e. The zero-order valence-electron chi connectivity index (χ0n) is 10.8. The largest absolute Gasteiger partial charge is 0.393 e. The molecule has 4 nitrogen and oxygen atoms in total. The van der Waals surface area contributed by atoms with E-state index in [1.54, 1.807) is 0 Å². The average molecular weight is 230 g/mol. The van der Waals surface area contributed by atoms with Crippen molar-refractivity contribution in [2.45, 2.75) is 58.6 Å². The van der Waals surface area contributed by atoms with Gasteiger partial charge in [-0.3, -0.25) is 4.79 Å². The van der Waals surface area contributed by atoms with Crippen molar-refractivity contribution in [3.63, 3.8) is 0 Å². The van der Waals surface area contributed by atoms with Crippen LogP contribution in [0.4, 0.5) is 0 Å². The van der Waals surface area contributed by atoms with E-state index in [-0.39, 0.29) is 12.0 Å². The fraction of sp³-hybridized carbons (Fsp3) is 0.917. The Hall–Kier alpha value is -0.610. The average Bonchev–Trinajstić information content (AvgIpc) is 2.24. The second-order valence-corrected chi connectivity index (χ2v) is 4.41. The Balaban J connectivity index is 3.31. The standard InChI is InChI=1S/C12H26N2O2/c1-4-11(15)7-9-14-12(16)6-5-8-13-10(2)3/h10-11,13,15H,4-9H2,1-3H3,(H,14,16). The van der Waals surface area contributed by atoms with Gasteiger partial charge in [0.15, 0.2) is 0 Å². The smallest absolute Gasteiger partial charge is 0.220 e. The van der Waals surface area contributed by atoms with E-state index < -0.39 is 0 Å². The van der Waals surface area contributed by atoms with E-state index in [0.717, 1.165) is 19.4 Å². The first-order valence-corrected chi connectivity index (χ1v) is 6.24. The molecule has 0 saturated heterocycles. The predicted octanol–water partition coefficient (Wildman–Crippen LogP) is 1.04. The van der Waals surface area contributed by atoms with Crippen molar-refractivity contribution in [3.8, 4) is 0 Å². The van der Waals surface area contributed by atoms with Crippen LogP contribution in [0.25, 0.3) is 0 Å². The first-order valence-electron chi connectivity index (χ1n) is 6.24. The number of hydrogen-bond donors (Lipinski definition) is 3. The van der Waals surface area contributed by atoms with Gasteiger partial charge < -0.3 is 15.7 Å². The van der Waals surface area contributed by atoms with E-state index >= 15 is 0 Å². The van der Waals surface area contributed by atoms with Crippen molar-refractivity contribution in [2.24, 2.45) is 0 Å². The third kappa shape index (κ3) is 9.93. The van der Waals surface area contributed by atoms with Crippen molar-refractivity contribution < 1.29 is 9.90 Å². The van der Waals surface area contributed by atoms with Crippen LogP contribution in [0, 0.1) is 0 Å². The third-order valence-corrected chi connectivity index (χ3v) is 2.40. The van der Waals surface area contributed by atoms with Gasteiger partial charge in [0.05, 0.1) is 6.10 Å². The minimum absolute atomic E-state index is 0.0776. The second-order valence-electron chi connectivity index (χ2n) is 4.41. The molecule has 0 aromatic heterocycles. The topological polar surface area (TPSA) is 61.4 Å². The van der Waals surface area contributed by atoms with Crippen LogP contribution in [0.15, 0.2) is 0 Å². The maximum atomic E-state index is 11.3. The fourth-order valence-corrected chi connectivity index (χ4v) is 1.31. The molecule has 0 bridgehead atoms. The predicted molar refractivity (Wildman–Crippen MR) is 66.3 cm³/mol. The number of aliphatic hydroxyl groups excluding tert-OH is 1. The van der Waals surface area contributed by atoms with Gasteiger partial charge in [-0.15, -0.1) is 0 Å². The SMILES string of the molecule is CCC(O)CCNC(=O)CCCNC(C)C. The third-order valence-electron chi connectivity index (χ3n) is 2.40. The molecule has 0 fully saturated rings. The van der Waals surface area contributed by atoms with Crippen LogP contribution < -0.4 is 10.6 Å². The first kappa shape index (κ1) is 15.4. The molecule has 96 valence electrons. The van der Waals surface area contributed by atoms with E-state index in [1.165, 1.54) is 0 Å². The highest BCUT2D eigenvalue weighted by atomic mass is 16.3. The summed E-state index contributed by atoms with van der Waals surface area (Å²) in [6.45, 7) is 7.57. The van der Waals surface area contributed by atoms with Gasteiger partial charge in [-0.25, -0.2) is 0 Å². The molecular formula is C12H26N2O2. The normalized spacial score (nSPS) is 12.8. The number of amides is 1. The molecule has 16 heavy (non-hydrogen) atoms. The van der Waals surface area contributed by atoms with Gasteiger partial charge in [-0.05, 0) is 25.8 Å². The van der Waals surface area contributed by atoms with Crippen LogP contribution in [0.5, 0.6) is 0 Å². The Morgan fingerprint density at radius 1 is 1.31 bits per heavy atom. The second kappa shape index (κ2) is 9.60. The van der Waals surface area contributed by atoms with Crippen LogP contribution in [-0.4, -0.2) is 36.2 Å². The molecule has 0 radical (unpaired) electrons. The monoisotopic (exact) mass is 230 g/mol. The lowest BCUT2D eigenvalue weighted by atomic mass is 10.2. The number of carbonyl (C=O) groups excluding carboxylic acids is 1. The number of aliphatic hydroxyl groups is 1. The summed E-state index contributed by atoms with van der Waals surface area (Å²) in [5, 5.41) is 15.4. The minimum Gasteiger partial charge on any atom is -0.393 e. The van der Waals surface area contributed by atoms with Gasteiger partial charge in [0, 0.05) is 19.0 Å². The zero-order valence-corrected chi connectivity index (χ0v) is 10.8. The van der Waals surface area contributed by atoms with E-state index in [0.29, 0.717) is 25.4 Å². The highest BCUT2D eigenvalue weighted by Gasteiger charge is 2.03. The van der Waals surface area contributed by atoms with Gasteiger partial charge in [0.1, 0.15) is 0 Å². The molecular weight excluding hydrogens is 204 g/mol. The summed E-state index contributed by atoms with van der Waals surface area (Å²) in [4.78, 5) is 11.3. The molecule has 0 aliphatic rings. The van der Waals surface area contributed by atoms with Crippen molar-refractivity contribution in [1.82, 2.24) is 10.6 Å². The van der Waals surface area contributed by atoms with Gasteiger partial charge in [-0.2, -0.15) is 0 Å². The van der Waals surface area contributed by atoms with E-state index in [4.69, 9.17) is 0 Å². The summed E-state index contributed by atoms with van der Waals surface area (Å²) in [6.07, 6.45) is 2.52. The molecule has 0 aromatic carbocycles. The fourth-order valence-electron chi connectivity index (χ4n) is 1.31. The molecule has 4 heteroatoms. The van der Waals surface area contributed by atoms with Crippen LogP contribution in [-0.2, 0) is 4.79 Å². The molecule has 0 aliphatic heterocycles. The molecule has 0 rings (SSSR count). The first-order chi connectivity index (χ1) is 7.56. The highest BCUT2D eigenvalue weighted by molar-refractivity contribution is 5.75. The molecule has 0 heterocycles. The summed E-state index contributed by atoms with van der Waals surface area (Å²) in [7, 11) is 0. The van der Waals surface area contributed by atoms with Crippen molar-refractivity contribution >= 4 is 5.91 Å². The molecule has 1 unspecified atom stereocenters. The van der Waals surface area contributed by atoms with Gasteiger partial charge >= 0.3 is 0 Å². The molecule has 0 aliphatic carbocycles.